The van der Waals surface area contributed by atoms with Crippen molar-refractivity contribution in [3.8, 4) is 0 Å². The van der Waals surface area contributed by atoms with Crippen LogP contribution < -0.4 is 0 Å². The van der Waals surface area contributed by atoms with Gasteiger partial charge in [0.15, 0.2) is 9.76 Å². The summed E-state index contributed by atoms with van der Waals surface area (Å²) in [6.07, 6.45) is 2.56. The van der Waals surface area contributed by atoms with Crippen molar-refractivity contribution in [2.45, 2.75) is 31.2 Å². The number of alkyl halides is 1. The van der Waals surface area contributed by atoms with Gasteiger partial charge in [-0.25, -0.2) is 0 Å². The molecule has 0 aliphatic carbocycles. The highest BCUT2D eigenvalue weighted by molar-refractivity contribution is 6.27. The van der Waals surface area contributed by atoms with Crippen LogP contribution in [-0.2, 0) is 4.43 Å². The first kappa shape index (κ1) is 12.8. The molecule has 0 amide bonds. The molecule has 0 heterocycles. The van der Waals surface area contributed by atoms with Crippen LogP contribution in [-0.4, -0.2) is 16.4 Å². The number of halogens is 1. The summed E-state index contributed by atoms with van der Waals surface area (Å²) in [6.45, 7) is 2.88. The van der Waals surface area contributed by atoms with Gasteiger partial charge in [-0.1, -0.05) is 50.1 Å². The van der Waals surface area contributed by atoms with Crippen molar-refractivity contribution in [3.05, 3.63) is 35.9 Å². The summed E-state index contributed by atoms with van der Waals surface area (Å²) in [5, 5.41) is 0.0142. The molecule has 0 saturated heterocycles. The number of benzene rings is 1. The van der Waals surface area contributed by atoms with Crippen molar-refractivity contribution in [2.24, 2.45) is 0 Å². The summed E-state index contributed by atoms with van der Waals surface area (Å²) in [5.74, 6) is 0. The highest BCUT2D eigenvalue weighted by atomic mass is 35.5. The molecule has 0 saturated carbocycles. The van der Waals surface area contributed by atoms with Crippen molar-refractivity contribution >= 4 is 21.4 Å². The molecule has 1 rings (SSSR count). The van der Waals surface area contributed by atoms with E-state index < -0.39 is 0 Å². The van der Waals surface area contributed by atoms with Crippen LogP contribution in [0.3, 0.4) is 0 Å². The number of hydrogen-bond acceptors (Lipinski definition) is 1. The Morgan fingerprint density at radius 3 is 2.73 bits per heavy atom. The monoisotopic (exact) mass is 242 g/mol. The maximum Gasteiger partial charge on any atom is 0.161 e. The third-order valence-corrected chi connectivity index (χ3v) is 4.01. The molecule has 0 bridgehead atoms. The van der Waals surface area contributed by atoms with Gasteiger partial charge in [-0.05, 0) is 11.6 Å². The number of unbranched alkanes of at least 4 members (excludes halogenated alkanes) is 1. The highest BCUT2D eigenvalue weighted by Crippen LogP contribution is 2.19. The number of rotatable bonds is 7. The minimum Gasteiger partial charge on any atom is -0.422 e. The zero-order chi connectivity index (χ0) is 10.9. The van der Waals surface area contributed by atoms with Crippen LogP contribution in [0.15, 0.2) is 30.3 Å². The number of hydrogen-bond donors (Lipinski definition) is 0. The maximum absolute atomic E-state index is 6.22. The summed E-state index contributed by atoms with van der Waals surface area (Å²) in [6, 6.07) is 11.4. The fourth-order valence-electron chi connectivity index (χ4n) is 1.40. The van der Waals surface area contributed by atoms with Gasteiger partial charge in [0.05, 0.1) is 12.0 Å². The lowest BCUT2D eigenvalue weighted by Gasteiger charge is -2.10. The lowest BCUT2D eigenvalue weighted by atomic mass is 10.2. The van der Waals surface area contributed by atoms with Gasteiger partial charge in [-0.15, -0.1) is 11.6 Å². The second-order valence-electron chi connectivity index (χ2n) is 3.66. The fourth-order valence-corrected chi connectivity index (χ4v) is 3.09. The first-order valence-corrected chi connectivity index (χ1v) is 7.62. The Bertz CT molecular complexity index is 253. The second kappa shape index (κ2) is 7.91. The van der Waals surface area contributed by atoms with Gasteiger partial charge in [0.1, 0.15) is 0 Å². The zero-order valence-electron chi connectivity index (χ0n) is 9.29. The predicted molar refractivity (Wildman–Crippen MR) is 69.2 cm³/mol. The average molecular weight is 243 g/mol. The molecule has 0 spiro atoms. The molecule has 3 heteroatoms. The molecule has 0 radical (unpaired) electrons. The van der Waals surface area contributed by atoms with Gasteiger partial charge < -0.3 is 4.43 Å². The first-order valence-electron chi connectivity index (χ1n) is 5.61. The van der Waals surface area contributed by atoms with E-state index in [1.807, 2.05) is 18.2 Å². The summed E-state index contributed by atoms with van der Waals surface area (Å²) in [7, 11) is -0.332. The van der Waals surface area contributed by atoms with Gasteiger partial charge in [-0.3, -0.25) is 0 Å². The van der Waals surface area contributed by atoms with Crippen LogP contribution >= 0.6 is 11.6 Å². The largest absolute Gasteiger partial charge is 0.422 e. The van der Waals surface area contributed by atoms with Gasteiger partial charge in [0.2, 0.25) is 0 Å². The van der Waals surface area contributed by atoms with Gasteiger partial charge >= 0.3 is 0 Å². The molecule has 1 nitrogen and oxygen atoms in total. The van der Waals surface area contributed by atoms with E-state index in [0.29, 0.717) is 6.61 Å². The molecule has 0 N–H and O–H groups in total. The van der Waals surface area contributed by atoms with Crippen molar-refractivity contribution in [1.82, 2.24) is 0 Å². The van der Waals surface area contributed by atoms with Crippen LogP contribution in [0.4, 0.5) is 0 Å². The molecule has 1 aromatic rings. The molecule has 0 aliphatic heterocycles. The van der Waals surface area contributed by atoms with E-state index >= 15 is 0 Å². The van der Waals surface area contributed by atoms with E-state index in [-0.39, 0.29) is 15.1 Å². The topological polar surface area (TPSA) is 9.23 Å². The first-order chi connectivity index (χ1) is 7.34. The average Bonchev–Trinajstić information content (AvgIpc) is 2.30. The zero-order valence-corrected chi connectivity index (χ0v) is 11.5. The molecule has 1 aromatic carbocycles. The summed E-state index contributed by atoms with van der Waals surface area (Å²) in [4.78, 5) is 0. The van der Waals surface area contributed by atoms with Crippen LogP contribution in [0.2, 0.25) is 6.04 Å². The Labute approximate surface area is 99.7 Å². The summed E-state index contributed by atoms with van der Waals surface area (Å²) in [5.41, 5.74) is 1.16. The minimum absolute atomic E-state index is 0.0142. The quantitative estimate of drug-likeness (QED) is 0.405. The van der Waals surface area contributed by atoms with E-state index in [2.05, 4.69) is 19.1 Å². The van der Waals surface area contributed by atoms with E-state index in [1.165, 1.54) is 18.9 Å². The molecule has 15 heavy (non-hydrogen) atoms. The van der Waals surface area contributed by atoms with E-state index in [1.54, 1.807) is 0 Å². The van der Waals surface area contributed by atoms with Crippen molar-refractivity contribution in [1.29, 1.82) is 0 Å². The van der Waals surface area contributed by atoms with Gasteiger partial charge in [0, 0.05) is 0 Å². The standard InChI is InChI=1S/C12H19ClOSi/c1-2-3-9-15-14-10-12(13)11-7-5-4-6-8-11/h4-8,12H,2-3,9-10,15H2,1H3. The lowest BCUT2D eigenvalue weighted by molar-refractivity contribution is 0.333. The van der Waals surface area contributed by atoms with Crippen molar-refractivity contribution in [2.75, 3.05) is 6.61 Å². The minimum atomic E-state index is -0.332. The highest BCUT2D eigenvalue weighted by Gasteiger charge is 2.06. The Balaban J connectivity index is 2.16. The van der Waals surface area contributed by atoms with Crippen molar-refractivity contribution < 1.29 is 4.43 Å². The van der Waals surface area contributed by atoms with E-state index in [9.17, 15) is 0 Å². The molecular formula is C12H19ClOSi. The molecule has 84 valence electrons. The van der Waals surface area contributed by atoms with Crippen LogP contribution in [0.1, 0.15) is 30.7 Å². The van der Waals surface area contributed by atoms with Crippen LogP contribution in [0.5, 0.6) is 0 Å². The van der Waals surface area contributed by atoms with Gasteiger partial charge in [-0.2, -0.15) is 0 Å². The second-order valence-corrected chi connectivity index (χ2v) is 5.71. The summed E-state index contributed by atoms with van der Waals surface area (Å²) >= 11 is 6.22. The van der Waals surface area contributed by atoms with Crippen LogP contribution in [0, 0.1) is 0 Å². The maximum atomic E-state index is 6.22. The smallest absolute Gasteiger partial charge is 0.161 e. The third kappa shape index (κ3) is 5.35. The Hall–Kier alpha value is -0.313. The molecular weight excluding hydrogens is 224 g/mol. The third-order valence-electron chi connectivity index (χ3n) is 2.32. The Morgan fingerprint density at radius 1 is 1.33 bits per heavy atom. The van der Waals surface area contributed by atoms with Gasteiger partial charge in [0.25, 0.3) is 0 Å². The molecule has 1 unspecified atom stereocenters. The molecule has 0 fully saturated rings. The van der Waals surface area contributed by atoms with E-state index in [4.69, 9.17) is 16.0 Å². The summed E-state index contributed by atoms with van der Waals surface area (Å²) < 4.78 is 5.66. The Morgan fingerprint density at radius 2 is 2.07 bits per heavy atom. The predicted octanol–water partition coefficient (Wildman–Crippen LogP) is 3.29. The Kier molecular flexibility index (Phi) is 6.73. The van der Waals surface area contributed by atoms with Crippen molar-refractivity contribution in [3.63, 3.8) is 0 Å². The lowest BCUT2D eigenvalue weighted by Crippen LogP contribution is -2.05. The fraction of sp³-hybridized carbons (Fsp3) is 0.500. The molecule has 0 aromatic heterocycles. The van der Waals surface area contributed by atoms with Crippen LogP contribution in [0.25, 0.3) is 0 Å². The molecule has 1 atom stereocenters. The van der Waals surface area contributed by atoms with E-state index in [0.717, 1.165) is 5.56 Å². The normalized spacial score (nSPS) is 13.5. The SMILES string of the molecule is CCCC[SiH2]OCC(Cl)c1ccccc1. The molecule has 0 aliphatic rings.